The third-order valence-electron chi connectivity index (χ3n) is 4.51. The Morgan fingerprint density at radius 1 is 1.03 bits per heavy atom. The van der Waals surface area contributed by atoms with Crippen molar-refractivity contribution in [3.05, 3.63) is 60.0 Å². The molecule has 152 valence electrons. The van der Waals surface area contributed by atoms with Gasteiger partial charge in [-0.1, -0.05) is 18.2 Å². The van der Waals surface area contributed by atoms with E-state index in [1.54, 1.807) is 19.3 Å². The number of hydrogen-bond acceptors (Lipinski definition) is 6. The standard InChI is InChI=1S/C22H27FN6/c1-15-6-4-7-17(12-15)28-22-27-14-18(21(29-22)26-11-5-10-24-2)16-8-9-20(25-3)19(23)13-16/h4,6-9,12-14,24-25H,5,10-11H2,1-3H3,(H2,26,27,28,29). The molecule has 3 rings (SSSR count). The summed E-state index contributed by atoms with van der Waals surface area (Å²) < 4.78 is 14.3. The summed E-state index contributed by atoms with van der Waals surface area (Å²) in [4.78, 5) is 9.10. The first-order chi connectivity index (χ1) is 14.1. The van der Waals surface area contributed by atoms with E-state index in [2.05, 4.69) is 31.2 Å². The minimum atomic E-state index is -0.312. The van der Waals surface area contributed by atoms with E-state index < -0.39 is 0 Å². The van der Waals surface area contributed by atoms with Crippen LogP contribution in [0.15, 0.2) is 48.7 Å². The molecule has 0 bridgehead atoms. The van der Waals surface area contributed by atoms with Crippen molar-refractivity contribution in [3.8, 4) is 11.1 Å². The van der Waals surface area contributed by atoms with E-state index in [0.717, 1.165) is 41.9 Å². The first-order valence-corrected chi connectivity index (χ1v) is 9.67. The van der Waals surface area contributed by atoms with Crippen molar-refractivity contribution < 1.29 is 4.39 Å². The fourth-order valence-electron chi connectivity index (χ4n) is 3.00. The molecule has 2 aromatic carbocycles. The number of benzene rings is 2. The normalized spacial score (nSPS) is 10.6. The van der Waals surface area contributed by atoms with Gasteiger partial charge in [-0.05, 0) is 62.3 Å². The molecule has 0 aliphatic carbocycles. The van der Waals surface area contributed by atoms with Crippen LogP contribution >= 0.6 is 0 Å². The molecular formula is C22H27FN6. The van der Waals surface area contributed by atoms with E-state index in [9.17, 15) is 4.39 Å². The highest BCUT2D eigenvalue weighted by Crippen LogP contribution is 2.30. The van der Waals surface area contributed by atoms with Gasteiger partial charge >= 0.3 is 0 Å². The second kappa shape index (κ2) is 9.84. The Morgan fingerprint density at radius 2 is 1.90 bits per heavy atom. The van der Waals surface area contributed by atoms with E-state index in [-0.39, 0.29) is 5.82 Å². The second-order valence-electron chi connectivity index (χ2n) is 6.78. The van der Waals surface area contributed by atoms with Gasteiger partial charge in [0.25, 0.3) is 0 Å². The second-order valence-corrected chi connectivity index (χ2v) is 6.78. The summed E-state index contributed by atoms with van der Waals surface area (Å²) in [5, 5.41) is 12.6. The fraction of sp³-hybridized carbons (Fsp3) is 0.273. The van der Waals surface area contributed by atoms with Crippen LogP contribution in [-0.2, 0) is 0 Å². The number of aromatic nitrogens is 2. The third kappa shape index (κ3) is 5.42. The molecule has 0 spiro atoms. The monoisotopic (exact) mass is 394 g/mol. The lowest BCUT2D eigenvalue weighted by atomic mass is 10.1. The van der Waals surface area contributed by atoms with Gasteiger partial charge in [0.1, 0.15) is 11.6 Å². The lowest BCUT2D eigenvalue weighted by Gasteiger charge is -2.14. The lowest BCUT2D eigenvalue weighted by Crippen LogP contribution is -2.14. The van der Waals surface area contributed by atoms with Crippen molar-refractivity contribution in [2.75, 3.05) is 43.1 Å². The van der Waals surface area contributed by atoms with Gasteiger partial charge in [-0.2, -0.15) is 4.98 Å². The minimum Gasteiger partial charge on any atom is -0.386 e. The molecule has 29 heavy (non-hydrogen) atoms. The van der Waals surface area contributed by atoms with Crippen LogP contribution in [0, 0.1) is 12.7 Å². The summed E-state index contributed by atoms with van der Waals surface area (Å²) in [5.41, 5.74) is 4.00. The quantitative estimate of drug-likeness (QED) is 0.403. The maximum atomic E-state index is 14.3. The first kappa shape index (κ1) is 20.5. The number of hydrogen-bond donors (Lipinski definition) is 4. The molecule has 0 fully saturated rings. The van der Waals surface area contributed by atoms with E-state index in [1.165, 1.54) is 6.07 Å². The molecule has 0 saturated carbocycles. The van der Waals surface area contributed by atoms with Gasteiger partial charge in [-0.15, -0.1) is 0 Å². The number of nitrogens with zero attached hydrogens (tertiary/aromatic N) is 2. The molecule has 0 aliphatic heterocycles. The molecule has 0 unspecified atom stereocenters. The molecule has 4 N–H and O–H groups in total. The highest BCUT2D eigenvalue weighted by atomic mass is 19.1. The third-order valence-corrected chi connectivity index (χ3v) is 4.51. The Balaban J connectivity index is 1.90. The zero-order valence-electron chi connectivity index (χ0n) is 17.0. The van der Waals surface area contributed by atoms with Gasteiger partial charge in [0.2, 0.25) is 5.95 Å². The molecule has 0 atom stereocenters. The van der Waals surface area contributed by atoms with Gasteiger partial charge in [0.05, 0.1) is 5.69 Å². The Hall–Kier alpha value is -3.19. The summed E-state index contributed by atoms with van der Waals surface area (Å²) in [6.07, 6.45) is 2.66. The van der Waals surface area contributed by atoms with Crippen molar-refractivity contribution in [2.24, 2.45) is 0 Å². The molecule has 0 saturated heterocycles. The predicted molar refractivity (Wildman–Crippen MR) is 118 cm³/mol. The van der Waals surface area contributed by atoms with Crippen LogP contribution in [0.1, 0.15) is 12.0 Å². The van der Waals surface area contributed by atoms with E-state index in [0.29, 0.717) is 17.5 Å². The topological polar surface area (TPSA) is 73.9 Å². The van der Waals surface area contributed by atoms with Gasteiger partial charge < -0.3 is 21.3 Å². The predicted octanol–water partition coefficient (Wildman–Crippen LogP) is 4.40. The average Bonchev–Trinajstić information content (AvgIpc) is 2.71. The molecule has 1 aromatic heterocycles. The summed E-state index contributed by atoms with van der Waals surface area (Å²) in [7, 11) is 3.62. The molecule has 1 heterocycles. The zero-order chi connectivity index (χ0) is 20.6. The molecule has 7 heteroatoms. The van der Waals surface area contributed by atoms with Crippen LogP contribution < -0.4 is 21.3 Å². The zero-order valence-corrected chi connectivity index (χ0v) is 17.0. The largest absolute Gasteiger partial charge is 0.386 e. The first-order valence-electron chi connectivity index (χ1n) is 9.67. The fourth-order valence-corrected chi connectivity index (χ4v) is 3.00. The Bertz CT molecular complexity index is 960. The average molecular weight is 394 g/mol. The summed E-state index contributed by atoms with van der Waals surface area (Å²) in [5.74, 6) is 0.846. The van der Waals surface area contributed by atoms with Crippen molar-refractivity contribution in [1.29, 1.82) is 0 Å². The minimum absolute atomic E-state index is 0.312. The molecular weight excluding hydrogens is 367 g/mol. The van der Waals surface area contributed by atoms with Crippen molar-refractivity contribution in [3.63, 3.8) is 0 Å². The van der Waals surface area contributed by atoms with Gasteiger partial charge in [0, 0.05) is 31.0 Å². The summed E-state index contributed by atoms with van der Waals surface area (Å²) >= 11 is 0. The number of rotatable bonds is 9. The Morgan fingerprint density at radius 3 is 2.62 bits per heavy atom. The highest BCUT2D eigenvalue weighted by Gasteiger charge is 2.12. The summed E-state index contributed by atoms with van der Waals surface area (Å²) in [6.45, 7) is 3.67. The SMILES string of the molecule is CNCCCNc1nc(Nc2cccc(C)c2)ncc1-c1ccc(NC)c(F)c1. The number of nitrogens with one attached hydrogen (secondary N) is 4. The van der Waals surface area contributed by atoms with Crippen LogP contribution in [0.2, 0.25) is 0 Å². The van der Waals surface area contributed by atoms with E-state index in [4.69, 9.17) is 0 Å². The maximum Gasteiger partial charge on any atom is 0.229 e. The highest BCUT2D eigenvalue weighted by molar-refractivity contribution is 5.77. The molecule has 0 radical (unpaired) electrons. The van der Waals surface area contributed by atoms with E-state index in [1.807, 2.05) is 44.3 Å². The summed E-state index contributed by atoms with van der Waals surface area (Å²) in [6, 6.07) is 13.1. The van der Waals surface area contributed by atoms with Crippen molar-refractivity contribution in [1.82, 2.24) is 15.3 Å². The Kier molecular flexibility index (Phi) is 6.97. The van der Waals surface area contributed by atoms with Gasteiger partial charge in [-0.25, -0.2) is 9.37 Å². The van der Waals surface area contributed by atoms with Crippen molar-refractivity contribution >= 4 is 23.1 Å². The molecule has 0 aliphatic rings. The molecule has 0 amide bonds. The molecule has 6 nitrogen and oxygen atoms in total. The van der Waals surface area contributed by atoms with Gasteiger partial charge in [0.15, 0.2) is 0 Å². The van der Waals surface area contributed by atoms with Crippen LogP contribution in [0.5, 0.6) is 0 Å². The number of anilines is 4. The number of aryl methyl sites for hydroxylation is 1. The van der Waals surface area contributed by atoms with Gasteiger partial charge in [-0.3, -0.25) is 0 Å². The van der Waals surface area contributed by atoms with Crippen LogP contribution in [0.4, 0.5) is 27.5 Å². The Labute approximate surface area is 171 Å². The van der Waals surface area contributed by atoms with Crippen molar-refractivity contribution in [2.45, 2.75) is 13.3 Å². The van der Waals surface area contributed by atoms with Crippen LogP contribution in [0.3, 0.4) is 0 Å². The lowest BCUT2D eigenvalue weighted by molar-refractivity contribution is 0.632. The smallest absolute Gasteiger partial charge is 0.229 e. The van der Waals surface area contributed by atoms with Crippen LogP contribution in [-0.4, -0.2) is 37.2 Å². The maximum absolute atomic E-state index is 14.3. The van der Waals surface area contributed by atoms with Crippen LogP contribution in [0.25, 0.3) is 11.1 Å². The molecule has 3 aromatic rings. The van der Waals surface area contributed by atoms with E-state index >= 15 is 0 Å². The number of halogens is 1.